The molecule has 1 N–H and O–H groups in total. The van der Waals surface area contributed by atoms with Crippen molar-refractivity contribution in [1.82, 2.24) is 19.7 Å². The zero-order chi connectivity index (χ0) is 16.2. The number of hydrogen-bond donors (Lipinski definition) is 1. The molecule has 0 spiro atoms. The number of piperidine rings is 1. The number of nitrogens with one attached hydrogen (secondary N) is 1. The van der Waals surface area contributed by atoms with Crippen LogP contribution in [0.4, 0.5) is 5.82 Å². The Morgan fingerprint density at radius 3 is 2.87 bits per heavy atom. The average molecular weight is 334 g/mol. The molecule has 1 amide bonds. The highest BCUT2D eigenvalue weighted by atomic mass is 35.5. The summed E-state index contributed by atoms with van der Waals surface area (Å²) >= 11 is 5.87. The Bertz CT molecular complexity index is 679. The molecule has 23 heavy (non-hydrogen) atoms. The first-order valence-corrected chi connectivity index (χ1v) is 8.12. The SMILES string of the molecule is Cc1cccnc1NC(=O)C1CCN(Cn2cc(Cl)cn2)CC1. The number of nitrogens with zero attached hydrogens (tertiary/aromatic N) is 4. The summed E-state index contributed by atoms with van der Waals surface area (Å²) in [6.45, 7) is 4.40. The van der Waals surface area contributed by atoms with E-state index in [1.165, 1.54) is 0 Å². The van der Waals surface area contributed by atoms with Gasteiger partial charge < -0.3 is 5.32 Å². The maximum absolute atomic E-state index is 12.4. The smallest absolute Gasteiger partial charge is 0.228 e. The molecule has 3 heterocycles. The molecule has 0 aromatic carbocycles. The molecule has 2 aromatic rings. The van der Waals surface area contributed by atoms with Crippen LogP contribution in [0.3, 0.4) is 0 Å². The molecule has 1 saturated heterocycles. The minimum absolute atomic E-state index is 0.0360. The van der Waals surface area contributed by atoms with E-state index in [0.717, 1.165) is 31.5 Å². The van der Waals surface area contributed by atoms with E-state index in [1.54, 1.807) is 12.4 Å². The van der Waals surface area contributed by atoms with Crippen LogP contribution in [0.1, 0.15) is 18.4 Å². The molecule has 1 aliphatic heterocycles. The maximum atomic E-state index is 12.4. The van der Waals surface area contributed by atoms with Gasteiger partial charge in [0.05, 0.1) is 17.9 Å². The van der Waals surface area contributed by atoms with Crippen LogP contribution in [0.2, 0.25) is 5.02 Å². The number of rotatable bonds is 4. The van der Waals surface area contributed by atoms with E-state index in [-0.39, 0.29) is 11.8 Å². The summed E-state index contributed by atoms with van der Waals surface area (Å²) in [5.74, 6) is 0.758. The molecule has 3 rings (SSSR count). The lowest BCUT2D eigenvalue weighted by Crippen LogP contribution is -2.39. The van der Waals surface area contributed by atoms with Crippen molar-refractivity contribution in [1.29, 1.82) is 0 Å². The Balaban J connectivity index is 1.50. The third-order valence-electron chi connectivity index (χ3n) is 4.16. The van der Waals surface area contributed by atoms with Crippen LogP contribution in [0.25, 0.3) is 0 Å². The topological polar surface area (TPSA) is 63.1 Å². The number of carbonyl (C=O) groups is 1. The number of carbonyl (C=O) groups excluding carboxylic acids is 1. The van der Waals surface area contributed by atoms with Crippen molar-refractivity contribution in [3.63, 3.8) is 0 Å². The molecule has 0 saturated carbocycles. The van der Waals surface area contributed by atoms with Crippen LogP contribution in [0, 0.1) is 12.8 Å². The van der Waals surface area contributed by atoms with Crippen molar-refractivity contribution >= 4 is 23.3 Å². The van der Waals surface area contributed by atoms with Gasteiger partial charge in [0.25, 0.3) is 0 Å². The number of halogens is 1. The molecule has 0 aliphatic carbocycles. The average Bonchev–Trinajstić information content (AvgIpc) is 2.95. The number of hydrogen-bond acceptors (Lipinski definition) is 4. The van der Waals surface area contributed by atoms with Gasteiger partial charge in [-0.05, 0) is 31.4 Å². The van der Waals surface area contributed by atoms with Gasteiger partial charge in [-0.2, -0.15) is 5.10 Å². The second kappa shape index (κ2) is 7.10. The summed E-state index contributed by atoms with van der Waals surface area (Å²) < 4.78 is 1.82. The number of amides is 1. The van der Waals surface area contributed by atoms with E-state index in [9.17, 15) is 4.79 Å². The van der Waals surface area contributed by atoms with E-state index < -0.39 is 0 Å². The lowest BCUT2D eigenvalue weighted by molar-refractivity contribution is -0.121. The highest BCUT2D eigenvalue weighted by molar-refractivity contribution is 6.30. The molecule has 1 aliphatic rings. The van der Waals surface area contributed by atoms with Crippen molar-refractivity contribution < 1.29 is 4.79 Å². The third kappa shape index (κ3) is 4.09. The number of aromatic nitrogens is 3. The number of anilines is 1. The highest BCUT2D eigenvalue weighted by Crippen LogP contribution is 2.20. The fraction of sp³-hybridized carbons (Fsp3) is 0.438. The van der Waals surface area contributed by atoms with Gasteiger partial charge >= 0.3 is 0 Å². The highest BCUT2D eigenvalue weighted by Gasteiger charge is 2.25. The van der Waals surface area contributed by atoms with Gasteiger partial charge in [-0.25, -0.2) is 4.98 Å². The number of aryl methyl sites for hydroxylation is 1. The first-order valence-electron chi connectivity index (χ1n) is 7.74. The maximum Gasteiger partial charge on any atom is 0.228 e. The Labute approximate surface area is 140 Å². The van der Waals surface area contributed by atoms with Crippen LogP contribution < -0.4 is 5.32 Å². The molecule has 0 radical (unpaired) electrons. The van der Waals surface area contributed by atoms with Crippen molar-refractivity contribution in [2.45, 2.75) is 26.4 Å². The molecule has 122 valence electrons. The monoisotopic (exact) mass is 333 g/mol. The van der Waals surface area contributed by atoms with E-state index in [2.05, 4.69) is 20.3 Å². The van der Waals surface area contributed by atoms with Crippen LogP contribution in [0.5, 0.6) is 0 Å². The van der Waals surface area contributed by atoms with Gasteiger partial charge in [-0.15, -0.1) is 0 Å². The Morgan fingerprint density at radius 1 is 1.43 bits per heavy atom. The van der Waals surface area contributed by atoms with Crippen LogP contribution >= 0.6 is 11.6 Å². The quantitative estimate of drug-likeness (QED) is 0.934. The lowest BCUT2D eigenvalue weighted by Gasteiger charge is -2.31. The zero-order valence-electron chi connectivity index (χ0n) is 13.1. The molecule has 0 bridgehead atoms. The molecular weight excluding hydrogens is 314 g/mol. The summed E-state index contributed by atoms with van der Waals surface area (Å²) in [5, 5.41) is 7.77. The second-order valence-electron chi connectivity index (χ2n) is 5.89. The van der Waals surface area contributed by atoms with Gasteiger partial charge in [0, 0.05) is 31.4 Å². The van der Waals surface area contributed by atoms with E-state index >= 15 is 0 Å². The van der Waals surface area contributed by atoms with Gasteiger partial charge in [-0.3, -0.25) is 14.4 Å². The first-order chi connectivity index (χ1) is 11.1. The van der Waals surface area contributed by atoms with Crippen LogP contribution in [-0.4, -0.2) is 38.7 Å². The Kier molecular flexibility index (Phi) is 4.93. The lowest BCUT2D eigenvalue weighted by atomic mass is 9.96. The fourth-order valence-corrected chi connectivity index (χ4v) is 2.95. The molecule has 0 unspecified atom stereocenters. The van der Waals surface area contributed by atoms with Crippen LogP contribution in [0.15, 0.2) is 30.7 Å². The van der Waals surface area contributed by atoms with E-state index in [4.69, 9.17) is 11.6 Å². The predicted octanol–water partition coefficient (Wildman–Crippen LogP) is 2.55. The molecule has 6 nitrogen and oxygen atoms in total. The summed E-state index contributed by atoms with van der Waals surface area (Å²) in [4.78, 5) is 18.9. The minimum Gasteiger partial charge on any atom is -0.310 e. The summed E-state index contributed by atoms with van der Waals surface area (Å²) in [6.07, 6.45) is 6.82. The molecular formula is C16H20ClN5O. The molecule has 2 aromatic heterocycles. The minimum atomic E-state index is 0.0360. The molecule has 1 fully saturated rings. The standard InChI is InChI=1S/C16H20ClN5O/c1-12-3-2-6-18-15(12)20-16(23)13-4-7-21(8-5-13)11-22-10-14(17)9-19-22/h2-3,6,9-10,13H,4-5,7-8,11H2,1H3,(H,18,20,23). The second-order valence-corrected chi connectivity index (χ2v) is 6.33. The zero-order valence-corrected chi connectivity index (χ0v) is 13.8. The summed E-state index contributed by atoms with van der Waals surface area (Å²) in [6, 6.07) is 3.81. The van der Waals surface area contributed by atoms with Gasteiger partial charge in [0.2, 0.25) is 5.91 Å². The van der Waals surface area contributed by atoms with E-state index in [0.29, 0.717) is 17.5 Å². The third-order valence-corrected chi connectivity index (χ3v) is 4.35. The van der Waals surface area contributed by atoms with Gasteiger partial charge in [-0.1, -0.05) is 17.7 Å². The normalized spacial score (nSPS) is 16.4. The predicted molar refractivity (Wildman–Crippen MR) is 89.1 cm³/mol. The van der Waals surface area contributed by atoms with Gasteiger partial charge in [0.1, 0.15) is 5.82 Å². The summed E-state index contributed by atoms with van der Waals surface area (Å²) in [5.41, 5.74) is 0.980. The molecule has 0 atom stereocenters. The van der Waals surface area contributed by atoms with Crippen molar-refractivity contribution in [2.75, 3.05) is 18.4 Å². The van der Waals surface area contributed by atoms with Crippen molar-refractivity contribution in [3.05, 3.63) is 41.3 Å². The molecule has 7 heteroatoms. The number of pyridine rings is 1. The Morgan fingerprint density at radius 2 is 2.22 bits per heavy atom. The summed E-state index contributed by atoms with van der Waals surface area (Å²) in [7, 11) is 0. The number of likely N-dealkylation sites (tertiary alicyclic amines) is 1. The largest absolute Gasteiger partial charge is 0.310 e. The van der Waals surface area contributed by atoms with Gasteiger partial charge in [0.15, 0.2) is 0 Å². The van der Waals surface area contributed by atoms with Crippen molar-refractivity contribution in [2.24, 2.45) is 5.92 Å². The fourth-order valence-electron chi connectivity index (χ4n) is 2.79. The van der Waals surface area contributed by atoms with Crippen LogP contribution in [-0.2, 0) is 11.5 Å². The van der Waals surface area contributed by atoms with E-state index in [1.807, 2.05) is 29.9 Å². The van der Waals surface area contributed by atoms with Crippen molar-refractivity contribution in [3.8, 4) is 0 Å². The Hall–Kier alpha value is -1.92. The first kappa shape index (κ1) is 16.0.